The van der Waals surface area contributed by atoms with Gasteiger partial charge in [-0.3, -0.25) is 9.59 Å². The van der Waals surface area contributed by atoms with Gasteiger partial charge in [-0.2, -0.15) is 5.10 Å². The van der Waals surface area contributed by atoms with Crippen LogP contribution >= 0.6 is 34.8 Å². The fourth-order valence-corrected chi connectivity index (χ4v) is 2.69. The molecule has 2 aromatic rings. The molecule has 0 radical (unpaired) electrons. The van der Waals surface area contributed by atoms with Crippen LogP contribution in [0.25, 0.3) is 0 Å². The van der Waals surface area contributed by atoms with Crippen LogP contribution in [-0.4, -0.2) is 24.1 Å². The largest absolute Gasteiger partial charge is 0.340 e. The van der Waals surface area contributed by atoms with E-state index in [-0.39, 0.29) is 10.9 Å². The molecule has 2 rings (SSSR count). The monoisotopic (exact) mass is 425 g/mol. The number of carbonyl (C=O) groups excluding carboxylic acids is 2. The summed E-state index contributed by atoms with van der Waals surface area (Å²) in [6.45, 7) is 3.63. The molecule has 2 amide bonds. The lowest BCUT2D eigenvalue weighted by Gasteiger charge is -2.20. The van der Waals surface area contributed by atoms with Gasteiger partial charge >= 0.3 is 0 Å². The molecule has 0 spiro atoms. The van der Waals surface area contributed by atoms with Crippen molar-refractivity contribution in [2.45, 2.75) is 19.9 Å². The van der Waals surface area contributed by atoms with Gasteiger partial charge in [-0.15, -0.1) is 0 Å². The van der Waals surface area contributed by atoms with Crippen molar-refractivity contribution in [2.24, 2.45) is 11.0 Å². The SMILES string of the molecule is CC(C)C(NC(=O)c1ccc(Cl)c(Cl)c1)C(=O)N/N=C/c1ccccc1Cl. The fourth-order valence-electron chi connectivity index (χ4n) is 2.21. The van der Waals surface area contributed by atoms with Gasteiger partial charge in [0.25, 0.3) is 11.8 Å². The zero-order valence-corrected chi connectivity index (χ0v) is 16.9. The van der Waals surface area contributed by atoms with E-state index in [2.05, 4.69) is 15.8 Å². The van der Waals surface area contributed by atoms with Crippen molar-refractivity contribution in [1.82, 2.24) is 10.7 Å². The quantitative estimate of drug-likeness (QED) is 0.525. The zero-order valence-electron chi connectivity index (χ0n) is 14.7. The number of nitrogens with zero attached hydrogens (tertiary/aromatic N) is 1. The van der Waals surface area contributed by atoms with Gasteiger partial charge < -0.3 is 5.32 Å². The second-order valence-corrected chi connectivity index (χ2v) is 7.30. The Labute approximate surface area is 172 Å². The Morgan fingerprint density at radius 3 is 2.33 bits per heavy atom. The fraction of sp³-hybridized carbons (Fsp3) is 0.211. The van der Waals surface area contributed by atoms with E-state index in [4.69, 9.17) is 34.8 Å². The van der Waals surface area contributed by atoms with E-state index >= 15 is 0 Å². The summed E-state index contributed by atoms with van der Waals surface area (Å²) in [4.78, 5) is 24.8. The highest BCUT2D eigenvalue weighted by atomic mass is 35.5. The average Bonchev–Trinajstić information content (AvgIpc) is 2.63. The summed E-state index contributed by atoms with van der Waals surface area (Å²) in [6, 6.07) is 10.8. The van der Waals surface area contributed by atoms with Gasteiger partial charge in [0, 0.05) is 16.1 Å². The van der Waals surface area contributed by atoms with Crippen molar-refractivity contribution in [3.05, 3.63) is 68.7 Å². The molecule has 0 bridgehead atoms. The van der Waals surface area contributed by atoms with Crippen molar-refractivity contribution >= 4 is 52.8 Å². The van der Waals surface area contributed by atoms with Gasteiger partial charge in [0.2, 0.25) is 0 Å². The Morgan fingerprint density at radius 1 is 1.00 bits per heavy atom. The van der Waals surface area contributed by atoms with E-state index < -0.39 is 17.9 Å². The molecule has 0 aliphatic heterocycles. The second kappa shape index (κ2) is 9.74. The lowest BCUT2D eigenvalue weighted by Crippen LogP contribution is -2.48. The van der Waals surface area contributed by atoms with E-state index in [1.54, 1.807) is 18.2 Å². The van der Waals surface area contributed by atoms with Gasteiger partial charge in [0.1, 0.15) is 6.04 Å². The first-order chi connectivity index (χ1) is 12.8. The first kappa shape index (κ1) is 21.2. The van der Waals surface area contributed by atoms with Crippen LogP contribution in [0.3, 0.4) is 0 Å². The summed E-state index contributed by atoms with van der Waals surface area (Å²) in [5.74, 6) is -1.04. The van der Waals surface area contributed by atoms with Crippen LogP contribution in [0.5, 0.6) is 0 Å². The summed E-state index contributed by atoms with van der Waals surface area (Å²) >= 11 is 17.8. The smallest absolute Gasteiger partial charge is 0.262 e. The van der Waals surface area contributed by atoms with E-state index in [1.165, 1.54) is 24.4 Å². The Bertz CT molecular complexity index is 869. The highest BCUT2D eigenvalue weighted by Crippen LogP contribution is 2.22. The highest BCUT2D eigenvalue weighted by Gasteiger charge is 2.24. The van der Waals surface area contributed by atoms with Crippen LogP contribution in [0.15, 0.2) is 47.6 Å². The van der Waals surface area contributed by atoms with Gasteiger partial charge in [0.15, 0.2) is 0 Å². The molecule has 0 aromatic heterocycles. The third-order valence-corrected chi connectivity index (χ3v) is 4.78. The van der Waals surface area contributed by atoms with E-state index in [9.17, 15) is 9.59 Å². The third-order valence-electron chi connectivity index (χ3n) is 3.70. The molecule has 27 heavy (non-hydrogen) atoms. The summed E-state index contributed by atoms with van der Waals surface area (Å²) in [5.41, 5.74) is 3.40. The molecule has 0 heterocycles. The van der Waals surface area contributed by atoms with Crippen LogP contribution in [0.4, 0.5) is 0 Å². The van der Waals surface area contributed by atoms with Gasteiger partial charge in [-0.05, 0) is 30.2 Å². The molecule has 8 heteroatoms. The van der Waals surface area contributed by atoms with Crippen molar-refractivity contribution < 1.29 is 9.59 Å². The lowest BCUT2D eigenvalue weighted by molar-refractivity contribution is -0.123. The molecule has 2 aromatic carbocycles. The van der Waals surface area contributed by atoms with Gasteiger partial charge in [-0.1, -0.05) is 66.8 Å². The Morgan fingerprint density at radius 2 is 1.70 bits per heavy atom. The second-order valence-electron chi connectivity index (χ2n) is 6.08. The van der Waals surface area contributed by atoms with E-state index in [0.29, 0.717) is 21.2 Å². The zero-order chi connectivity index (χ0) is 20.0. The van der Waals surface area contributed by atoms with E-state index in [1.807, 2.05) is 19.9 Å². The minimum absolute atomic E-state index is 0.160. The molecule has 1 unspecified atom stereocenters. The number of amides is 2. The number of hydrazone groups is 1. The molecule has 0 fully saturated rings. The predicted octanol–water partition coefficient (Wildman–Crippen LogP) is 4.55. The number of hydrogen-bond acceptors (Lipinski definition) is 3. The van der Waals surface area contributed by atoms with Crippen molar-refractivity contribution in [2.75, 3.05) is 0 Å². The maximum Gasteiger partial charge on any atom is 0.262 e. The number of benzene rings is 2. The van der Waals surface area contributed by atoms with Crippen molar-refractivity contribution in [3.8, 4) is 0 Å². The summed E-state index contributed by atoms with van der Waals surface area (Å²) in [5, 5.41) is 7.73. The standard InChI is InChI=1S/C19H18Cl3N3O2/c1-11(2)17(24-18(26)12-7-8-15(21)16(22)9-12)19(27)25-23-10-13-5-3-4-6-14(13)20/h3-11,17H,1-2H3,(H,24,26)(H,25,27)/b23-10+. The predicted molar refractivity (Wildman–Crippen MR) is 110 cm³/mol. The number of nitrogens with one attached hydrogen (secondary N) is 2. The van der Waals surface area contributed by atoms with Gasteiger partial charge in [-0.25, -0.2) is 5.43 Å². The molecule has 0 aliphatic rings. The number of carbonyl (C=O) groups is 2. The molecular formula is C19H18Cl3N3O2. The summed E-state index contributed by atoms with van der Waals surface area (Å²) in [6.07, 6.45) is 1.44. The molecule has 5 nitrogen and oxygen atoms in total. The van der Waals surface area contributed by atoms with Crippen LogP contribution < -0.4 is 10.7 Å². The topological polar surface area (TPSA) is 70.6 Å². The maximum absolute atomic E-state index is 12.4. The van der Waals surface area contributed by atoms with Crippen LogP contribution in [0, 0.1) is 5.92 Å². The van der Waals surface area contributed by atoms with Crippen LogP contribution in [0.1, 0.15) is 29.8 Å². The molecular weight excluding hydrogens is 409 g/mol. The highest BCUT2D eigenvalue weighted by molar-refractivity contribution is 6.42. The van der Waals surface area contributed by atoms with Crippen molar-refractivity contribution in [3.63, 3.8) is 0 Å². The first-order valence-corrected chi connectivity index (χ1v) is 9.26. The van der Waals surface area contributed by atoms with Crippen LogP contribution in [-0.2, 0) is 4.79 Å². The molecule has 0 saturated heterocycles. The molecule has 1 atom stereocenters. The summed E-state index contributed by atoms with van der Waals surface area (Å²) in [7, 11) is 0. The number of halogens is 3. The number of rotatable bonds is 6. The maximum atomic E-state index is 12.4. The third kappa shape index (κ3) is 5.96. The Balaban J connectivity index is 2.05. The molecule has 0 saturated carbocycles. The summed E-state index contributed by atoms with van der Waals surface area (Å²) < 4.78 is 0. The minimum atomic E-state index is -0.782. The first-order valence-electron chi connectivity index (χ1n) is 8.13. The minimum Gasteiger partial charge on any atom is -0.340 e. The number of hydrogen-bond donors (Lipinski definition) is 2. The molecule has 2 N–H and O–H groups in total. The Kier molecular flexibility index (Phi) is 7.66. The lowest BCUT2D eigenvalue weighted by atomic mass is 10.0. The molecule has 142 valence electrons. The van der Waals surface area contributed by atoms with Crippen LogP contribution in [0.2, 0.25) is 15.1 Å². The molecule has 0 aliphatic carbocycles. The van der Waals surface area contributed by atoms with Crippen molar-refractivity contribution in [1.29, 1.82) is 0 Å². The average molecular weight is 427 g/mol. The van der Waals surface area contributed by atoms with E-state index in [0.717, 1.165) is 0 Å². The van der Waals surface area contributed by atoms with Gasteiger partial charge in [0.05, 0.1) is 16.3 Å². The normalized spacial score (nSPS) is 12.2. The Hall–Kier alpha value is -2.08.